The molecule has 1 atom stereocenters. The van der Waals surface area contributed by atoms with Crippen molar-refractivity contribution in [3.63, 3.8) is 0 Å². The average molecular weight is 223 g/mol. The van der Waals surface area contributed by atoms with Crippen molar-refractivity contribution in [2.75, 3.05) is 0 Å². The summed E-state index contributed by atoms with van der Waals surface area (Å²) < 4.78 is 0. The Morgan fingerprint density at radius 3 is 2.53 bits per heavy atom. The van der Waals surface area contributed by atoms with Crippen LogP contribution in [0.5, 0.6) is 0 Å². The number of hydrogen-bond acceptors (Lipinski definition) is 2. The van der Waals surface area contributed by atoms with Crippen LogP contribution in [0.1, 0.15) is 27.5 Å². The molecule has 0 fully saturated rings. The summed E-state index contributed by atoms with van der Waals surface area (Å²) in [5, 5.41) is 3.27. The van der Waals surface area contributed by atoms with Gasteiger partial charge in [-0.2, -0.15) is 0 Å². The monoisotopic (exact) mass is 223 g/mol. The van der Waals surface area contributed by atoms with Gasteiger partial charge < -0.3 is 0 Å². The van der Waals surface area contributed by atoms with Gasteiger partial charge in [0.1, 0.15) is 0 Å². The van der Waals surface area contributed by atoms with Gasteiger partial charge in [0, 0.05) is 12.1 Å². The fraction of sp³-hybridized carbons (Fsp3) is 0.133. The fourth-order valence-corrected chi connectivity index (χ4v) is 2.30. The summed E-state index contributed by atoms with van der Waals surface area (Å²) in [7, 11) is 0. The smallest absolute Gasteiger partial charge is 0.184 e. The Labute approximate surface area is 100 Å². The summed E-state index contributed by atoms with van der Waals surface area (Å²) in [5.41, 5.74) is 3.10. The first-order chi connectivity index (χ1) is 8.36. The molecule has 2 heteroatoms. The minimum absolute atomic E-state index is 0.149. The highest BCUT2D eigenvalue weighted by molar-refractivity contribution is 6.01. The number of Topliss-reactive ketones (excluding diaryl/α,β-unsaturated/α-hetero) is 1. The molecule has 2 aromatic carbocycles. The van der Waals surface area contributed by atoms with E-state index in [2.05, 4.69) is 11.4 Å². The maximum absolute atomic E-state index is 12.3. The van der Waals surface area contributed by atoms with Gasteiger partial charge in [0.2, 0.25) is 0 Å². The third kappa shape index (κ3) is 1.77. The molecule has 0 saturated carbocycles. The van der Waals surface area contributed by atoms with Crippen LogP contribution >= 0.6 is 0 Å². The van der Waals surface area contributed by atoms with E-state index in [-0.39, 0.29) is 11.8 Å². The van der Waals surface area contributed by atoms with Gasteiger partial charge in [0.25, 0.3) is 0 Å². The molecule has 3 rings (SSSR count). The van der Waals surface area contributed by atoms with Crippen LogP contribution in [-0.2, 0) is 6.54 Å². The Bertz CT molecular complexity index is 548. The van der Waals surface area contributed by atoms with Crippen molar-refractivity contribution < 1.29 is 4.79 Å². The lowest BCUT2D eigenvalue weighted by Crippen LogP contribution is -2.22. The second-order valence-corrected chi connectivity index (χ2v) is 4.24. The summed E-state index contributed by atoms with van der Waals surface area (Å²) in [6.45, 7) is 0.777. The minimum Gasteiger partial charge on any atom is -0.299 e. The average Bonchev–Trinajstić information content (AvgIpc) is 2.83. The summed E-state index contributed by atoms with van der Waals surface area (Å²) in [5.74, 6) is 0.149. The molecule has 0 aliphatic carbocycles. The lowest BCUT2D eigenvalue weighted by atomic mass is 9.97. The predicted octanol–water partition coefficient (Wildman–Crippen LogP) is 2.71. The molecule has 17 heavy (non-hydrogen) atoms. The standard InChI is InChI=1S/C15H13NO/c17-15(11-6-2-1-3-7-11)14-13-9-5-4-8-12(13)10-16-14/h1-9,14,16H,10H2. The Hall–Kier alpha value is -1.93. The minimum atomic E-state index is -0.186. The second-order valence-electron chi connectivity index (χ2n) is 4.24. The third-order valence-corrected chi connectivity index (χ3v) is 3.18. The van der Waals surface area contributed by atoms with Crippen LogP contribution in [0.2, 0.25) is 0 Å². The van der Waals surface area contributed by atoms with Gasteiger partial charge in [-0.15, -0.1) is 0 Å². The van der Waals surface area contributed by atoms with Crippen molar-refractivity contribution in [3.05, 3.63) is 71.3 Å². The van der Waals surface area contributed by atoms with E-state index in [1.807, 2.05) is 48.5 Å². The van der Waals surface area contributed by atoms with Crippen molar-refractivity contribution >= 4 is 5.78 Å². The summed E-state index contributed by atoms with van der Waals surface area (Å²) in [6, 6.07) is 17.4. The van der Waals surface area contributed by atoms with Gasteiger partial charge in [-0.25, -0.2) is 0 Å². The molecule has 0 spiro atoms. The van der Waals surface area contributed by atoms with E-state index in [0.29, 0.717) is 0 Å². The van der Waals surface area contributed by atoms with E-state index in [1.165, 1.54) is 5.56 Å². The first-order valence-electron chi connectivity index (χ1n) is 5.77. The zero-order valence-electron chi connectivity index (χ0n) is 9.39. The number of nitrogens with one attached hydrogen (secondary N) is 1. The lowest BCUT2D eigenvalue weighted by Gasteiger charge is -2.10. The summed E-state index contributed by atoms with van der Waals surface area (Å²) in [4.78, 5) is 12.3. The zero-order chi connectivity index (χ0) is 11.7. The third-order valence-electron chi connectivity index (χ3n) is 3.18. The molecule has 0 amide bonds. The van der Waals surface area contributed by atoms with E-state index in [0.717, 1.165) is 17.7 Å². The molecule has 0 bridgehead atoms. The summed E-state index contributed by atoms with van der Waals surface area (Å²) >= 11 is 0. The van der Waals surface area contributed by atoms with Crippen LogP contribution in [-0.4, -0.2) is 5.78 Å². The molecule has 2 nitrogen and oxygen atoms in total. The Morgan fingerprint density at radius 2 is 1.71 bits per heavy atom. The van der Waals surface area contributed by atoms with Crippen molar-refractivity contribution in [3.8, 4) is 0 Å². The van der Waals surface area contributed by atoms with Crippen LogP contribution in [0.15, 0.2) is 54.6 Å². The van der Waals surface area contributed by atoms with E-state index in [1.54, 1.807) is 0 Å². The highest BCUT2D eigenvalue weighted by atomic mass is 16.1. The zero-order valence-corrected chi connectivity index (χ0v) is 9.39. The predicted molar refractivity (Wildman–Crippen MR) is 66.8 cm³/mol. The molecular formula is C15H13NO. The fourth-order valence-electron chi connectivity index (χ4n) is 2.30. The SMILES string of the molecule is O=C(c1ccccc1)C1NCc2ccccc21. The number of ketones is 1. The number of carbonyl (C=O) groups is 1. The van der Waals surface area contributed by atoms with E-state index >= 15 is 0 Å². The van der Waals surface area contributed by atoms with Gasteiger partial charge >= 0.3 is 0 Å². The molecular weight excluding hydrogens is 210 g/mol. The van der Waals surface area contributed by atoms with Crippen molar-refractivity contribution in [1.29, 1.82) is 0 Å². The molecule has 1 aliphatic heterocycles. The molecule has 0 saturated heterocycles. The summed E-state index contributed by atoms with van der Waals surface area (Å²) in [6.07, 6.45) is 0. The molecule has 0 radical (unpaired) electrons. The van der Waals surface area contributed by atoms with Crippen molar-refractivity contribution in [2.24, 2.45) is 0 Å². The van der Waals surface area contributed by atoms with E-state index in [9.17, 15) is 4.79 Å². The molecule has 1 N–H and O–H groups in total. The highest BCUT2D eigenvalue weighted by Gasteiger charge is 2.27. The van der Waals surface area contributed by atoms with Crippen LogP contribution < -0.4 is 5.32 Å². The van der Waals surface area contributed by atoms with Gasteiger partial charge in [0.05, 0.1) is 6.04 Å². The number of hydrogen-bond donors (Lipinski definition) is 1. The van der Waals surface area contributed by atoms with E-state index < -0.39 is 0 Å². The van der Waals surface area contributed by atoms with Gasteiger partial charge in [0.15, 0.2) is 5.78 Å². The Morgan fingerprint density at radius 1 is 1.00 bits per heavy atom. The molecule has 84 valence electrons. The molecule has 2 aromatic rings. The van der Waals surface area contributed by atoms with Crippen LogP contribution in [0.4, 0.5) is 0 Å². The first-order valence-corrected chi connectivity index (χ1v) is 5.77. The van der Waals surface area contributed by atoms with Crippen molar-refractivity contribution in [2.45, 2.75) is 12.6 Å². The number of fused-ring (bicyclic) bond motifs is 1. The van der Waals surface area contributed by atoms with Gasteiger partial charge in [-0.05, 0) is 11.1 Å². The molecule has 1 unspecified atom stereocenters. The van der Waals surface area contributed by atoms with Crippen LogP contribution in [0.25, 0.3) is 0 Å². The van der Waals surface area contributed by atoms with Crippen LogP contribution in [0, 0.1) is 0 Å². The first kappa shape index (κ1) is 10.2. The van der Waals surface area contributed by atoms with Crippen LogP contribution in [0.3, 0.4) is 0 Å². The largest absolute Gasteiger partial charge is 0.299 e. The molecule has 0 aromatic heterocycles. The normalized spacial score (nSPS) is 17.8. The number of benzene rings is 2. The number of rotatable bonds is 2. The van der Waals surface area contributed by atoms with Gasteiger partial charge in [-0.1, -0.05) is 54.6 Å². The molecule has 1 aliphatic rings. The van der Waals surface area contributed by atoms with E-state index in [4.69, 9.17) is 0 Å². The topological polar surface area (TPSA) is 29.1 Å². The highest BCUT2D eigenvalue weighted by Crippen LogP contribution is 2.27. The van der Waals surface area contributed by atoms with Crippen molar-refractivity contribution in [1.82, 2.24) is 5.32 Å². The molecule has 1 heterocycles. The quantitative estimate of drug-likeness (QED) is 0.793. The lowest BCUT2D eigenvalue weighted by molar-refractivity contribution is 0.0948. The number of carbonyl (C=O) groups excluding carboxylic acids is 1. The second kappa shape index (κ2) is 4.15. The maximum Gasteiger partial charge on any atom is 0.184 e. The Balaban J connectivity index is 1.95. The Kier molecular flexibility index (Phi) is 2.50. The maximum atomic E-state index is 12.3. The van der Waals surface area contributed by atoms with Gasteiger partial charge in [-0.3, -0.25) is 10.1 Å².